The lowest BCUT2D eigenvalue weighted by Gasteiger charge is -2.44. The first-order chi connectivity index (χ1) is 15.0. The second-order valence-corrected chi connectivity index (χ2v) is 11.7. The van der Waals surface area contributed by atoms with Gasteiger partial charge in [0, 0.05) is 12.8 Å². The van der Waals surface area contributed by atoms with Crippen molar-refractivity contribution in [3.05, 3.63) is 22.8 Å². The van der Waals surface area contributed by atoms with Gasteiger partial charge in [0.1, 0.15) is 0 Å². The highest BCUT2D eigenvalue weighted by Crippen LogP contribution is 2.60. The molecule has 5 nitrogen and oxygen atoms in total. The second-order valence-electron chi connectivity index (χ2n) is 11.7. The molecule has 0 bridgehead atoms. The number of aliphatic hydroxyl groups excluding tert-OH is 2. The SMILES string of the molecule is CC1=C(CC=C2CCC[C@]3(C)[C@@H]([C@H](C)CCC(O)C(C)C)CC[C@@H]23)C[C@](O)(OO)C[C@@H]1O. The fourth-order valence-electron chi connectivity index (χ4n) is 7.02. The lowest BCUT2D eigenvalue weighted by molar-refractivity contribution is -0.398. The fourth-order valence-corrected chi connectivity index (χ4v) is 7.02. The molecule has 32 heavy (non-hydrogen) atoms. The van der Waals surface area contributed by atoms with E-state index >= 15 is 0 Å². The summed E-state index contributed by atoms with van der Waals surface area (Å²) in [6.07, 6.45) is 10.4. The molecule has 1 unspecified atom stereocenters. The molecule has 2 saturated carbocycles. The number of hydrogen-bond donors (Lipinski definition) is 4. The van der Waals surface area contributed by atoms with Gasteiger partial charge in [0.05, 0.1) is 12.2 Å². The average Bonchev–Trinajstić information content (AvgIpc) is 3.10. The van der Waals surface area contributed by atoms with E-state index in [1.807, 2.05) is 6.92 Å². The van der Waals surface area contributed by atoms with Crippen molar-refractivity contribution in [2.24, 2.45) is 29.1 Å². The first-order valence-corrected chi connectivity index (χ1v) is 12.8. The van der Waals surface area contributed by atoms with Gasteiger partial charge in [-0.3, -0.25) is 0 Å². The number of hydrogen-bond acceptors (Lipinski definition) is 5. The molecule has 3 rings (SSSR count). The minimum Gasteiger partial charge on any atom is -0.393 e. The third-order valence-corrected chi connectivity index (χ3v) is 9.25. The summed E-state index contributed by atoms with van der Waals surface area (Å²) in [5, 5.41) is 40.1. The van der Waals surface area contributed by atoms with Crippen LogP contribution in [0.1, 0.15) is 98.8 Å². The van der Waals surface area contributed by atoms with E-state index in [9.17, 15) is 15.3 Å². The maximum atomic E-state index is 10.4. The highest BCUT2D eigenvalue weighted by Gasteiger charge is 2.50. The van der Waals surface area contributed by atoms with E-state index in [1.54, 1.807) is 0 Å². The molecule has 3 aliphatic rings. The first kappa shape index (κ1) is 25.9. The van der Waals surface area contributed by atoms with E-state index in [-0.39, 0.29) is 18.9 Å². The monoisotopic (exact) mass is 450 g/mol. The Morgan fingerprint density at radius 1 is 1.19 bits per heavy atom. The Balaban J connectivity index is 1.70. The van der Waals surface area contributed by atoms with Crippen molar-refractivity contribution < 1.29 is 25.5 Å². The molecule has 3 aliphatic carbocycles. The van der Waals surface area contributed by atoms with Crippen LogP contribution in [0.5, 0.6) is 0 Å². The summed E-state index contributed by atoms with van der Waals surface area (Å²) >= 11 is 0. The summed E-state index contributed by atoms with van der Waals surface area (Å²) in [7, 11) is 0. The highest BCUT2D eigenvalue weighted by molar-refractivity contribution is 5.27. The van der Waals surface area contributed by atoms with Crippen molar-refractivity contribution in [1.29, 1.82) is 0 Å². The minimum atomic E-state index is -1.69. The molecule has 0 aromatic heterocycles. The molecule has 0 aromatic carbocycles. The van der Waals surface area contributed by atoms with Crippen molar-refractivity contribution in [3.8, 4) is 0 Å². The minimum absolute atomic E-state index is 0.00117. The van der Waals surface area contributed by atoms with Gasteiger partial charge >= 0.3 is 0 Å². The topological polar surface area (TPSA) is 90.2 Å². The lowest BCUT2D eigenvalue weighted by Crippen LogP contribution is -2.40. The van der Waals surface area contributed by atoms with E-state index in [0.29, 0.717) is 35.5 Å². The predicted octanol–water partition coefficient (Wildman–Crippen LogP) is 5.60. The van der Waals surface area contributed by atoms with Gasteiger partial charge in [-0.2, -0.15) is 0 Å². The molecule has 0 spiro atoms. The van der Waals surface area contributed by atoms with Gasteiger partial charge in [0.25, 0.3) is 0 Å². The van der Waals surface area contributed by atoms with Crippen molar-refractivity contribution in [3.63, 3.8) is 0 Å². The lowest BCUT2D eigenvalue weighted by atomic mass is 9.60. The van der Waals surface area contributed by atoms with Crippen LogP contribution in [0.3, 0.4) is 0 Å². The summed E-state index contributed by atoms with van der Waals surface area (Å²) in [6.45, 7) is 11.0. The summed E-state index contributed by atoms with van der Waals surface area (Å²) in [4.78, 5) is 4.32. The number of aliphatic hydroxyl groups is 3. The molecule has 184 valence electrons. The fraction of sp³-hybridized carbons (Fsp3) is 0.852. The molecule has 0 amide bonds. The highest BCUT2D eigenvalue weighted by atomic mass is 17.1. The van der Waals surface area contributed by atoms with Crippen molar-refractivity contribution in [1.82, 2.24) is 0 Å². The van der Waals surface area contributed by atoms with E-state index in [0.717, 1.165) is 30.4 Å². The Kier molecular flexibility index (Phi) is 8.31. The Bertz CT molecular complexity index is 713. The van der Waals surface area contributed by atoms with Gasteiger partial charge in [0.15, 0.2) is 0 Å². The predicted molar refractivity (Wildman–Crippen MR) is 127 cm³/mol. The van der Waals surface area contributed by atoms with Crippen LogP contribution in [-0.2, 0) is 4.89 Å². The molecular weight excluding hydrogens is 404 g/mol. The van der Waals surface area contributed by atoms with Crippen LogP contribution in [0.2, 0.25) is 0 Å². The normalized spacial score (nSPS) is 38.9. The molecule has 0 aliphatic heterocycles. The molecule has 0 aromatic rings. The molecular formula is C27H46O5. The smallest absolute Gasteiger partial charge is 0.205 e. The molecule has 0 heterocycles. The Hall–Kier alpha value is -0.720. The van der Waals surface area contributed by atoms with Crippen LogP contribution in [0.4, 0.5) is 0 Å². The maximum absolute atomic E-state index is 10.4. The third kappa shape index (κ3) is 5.33. The molecule has 0 radical (unpaired) electrons. The van der Waals surface area contributed by atoms with Gasteiger partial charge in [-0.1, -0.05) is 44.9 Å². The average molecular weight is 451 g/mol. The molecule has 4 N–H and O–H groups in total. The zero-order valence-corrected chi connectivity index (χ0v) is 20.8. The van der Waals surface area contributed by atoms with Crippen LogP contribution < -0.4 is 0 Å². The Morgan fingerprint density at radius 3 is 2.56 bits per heavy atom. The van der Waals surface area contributed by atoms with Gasteiger partial charge in [-0.25, -0.2) is 10.1 Å². The largest absolute Gasteiger partial charge is 0.393 e. The molecule has 7 atom stereocenters. The number of rotatable bonds is 8. The van der Waals surface area contributed by atoms with Crippen LogP contribution in [0.15, 0.2) is 22.8 Å². The molecule has 0 saturated heterocycles. The van der Waals surface area contributed by atoms with Crippen LogP contribution >= 0.6 is 0 Å². The Labute approximate surface area is 194 Å². The maximum Gasteiger partial charge on any atom is 0.205 e. The third-order valence-electron chi connectivity index (χ3n) is 9.25. The van der Waals surface area contributed by atoms with Crippen LogP contribution in [0.25, 0.3) is 0 Å². The summed E-state index contributed by atoms with van der Waals surface area (Å²) < 4.78 is 0. The summed E-state index contributed by atoms with van der Waals surface area (Å²) in [6, 6.07) is 0. The van der Waals surface area contributed by atoms with E-state index in [1.165, 1.54) is 31.3 Å². The summed E-state index contributed by atoms with van der Waals surface area (Å²) in [5.41, 5.74) is 3.70. The van der Waals surface area contributed by atoms with E-state index in [2.05, 4.69) is 38.7 Å². The molecule has 2 fully saturated rings. The number of fused-ring (bicyclic) bond motifs is 1. The van der Waals surface area contributed by atoms with Gasteiger partial charge in [0.2, 0.25) is 5.79 Å². The number of allylic oxidation sites excluding steroid dienone is 2. The zero-order valence-electron chi connectivity index (χ0n) is 20.8. The molecule has 5 heteroatoms. The van der Waals surface area contributed by atoms with E-state index in [4.69, 9.17) is 5.26 Å². The first-order valence-electron chi connectivity index (χ1n) is 12.8. The second kappa shape index (κ2) is 10.3. The standard InChI is InChI=1S/C27H46O5/c1-17(2)24(28)13-8-18(3)22-11-12-23-20(7-6-14-26(22,23)5)9-10-21-15-27(30,32-31)16-25(29)19(21)4/h9,17-18,22-25,28-31H,6-8,10-16H2,1-5H3/t18-,22-,23+,24?,25+,26-,27+/m1/s1. The Morgan fingerprint density at radius 2 is 1.91 bits per heavy atom. The zero-order chi connectivity index (χ0) is 23.7. The quantitative estimate of drug-likeness (QED) is 0.167. The van der Waals surface area contributed by atoms with Gasteiger partial charge < -0.3 is 15.3 Å². The van der Waals surface area contributed by atoms with Crippen LogP contribution in [0, 0.1) is 29.1 Å². The van der Waals surface area contributed by atoms with Crippen molar-refractivity contribution >= 4 is 0 Å². The van der Waals surface area contributed by atoms with Crippen molar-refractivity contribution in [2.75, 3.05) is 0 Å². The van der Waals surface area contributed by atoms with Gasteiger partial charge in [-0.15, -0.1) is 0 Å². The van der Waals surface area contributed by atoms with Gasteiger partial charge in [-0.05, 0) is 93.0 Å². The van der Waals surface area contributed by atoms with E-state index < -0.39 is 11.9 Å². The van der Waals surface area contributed by atoms with Crippen LogP contribution in [-0.4, -0.2) is 38.6 Å². The van der Waals surface area contributed by atoms with Crippen molar-refractivity contribution in [2.45, 2.75) is 117 Å². The summed E-state index contributed by atoms with van der Waals surface area (Å²) in [5.74, 6) is 0.542.